The second-order valence-corrected chi connectivity index (χ2v) is 9.90. The maximum Gasteiger partial charge on any atom is 0.416 e. The van der Waals surface area contributed by atoms with Crippen LogP contribution < -0.4 is 4.74 Å². The molecular formula is C22H27F3N2O4S. The van der Waals surface area contributed by atoms with Gasteiger partial charge in [-0.2, -0.15) is 17.5 Å². The lowest BCUT2D eigenvalue weighted by Gasteiger charge is -2.35. The zero-order chi connectivity index (χ0) is 23.5. The monoisotopic (exact) mass is 472 g/mol. The Balaban J connectivity index is 1.54. The van der Waals surface area contributed by atoms with Crippen LogP contribution in [0.5, 0.6) is 5.75 Å². The number of nitrogens with zero attached hydrogens (tertiary/aromatic N) is 2. The molecule has 1 aliphatic rings. The second kappa shape index (κ2) is 9.78. The highest BCUT2D eigenvalue weighted by Gasteiger charge is 2.34. The van der Waals surface area contributed by atoms with E-state index in [2.05, 4.69) is 0 Å². The molecule has 0 spiro atoms. The highest BCUT2D eigenvalue weighted by atomic mass is 32.2. The number of aryl methyl sites for hydroxylation is 2. The number of halogens is 3. The molecule has 0 radical (unpaired) electrons. The number of alkyl halides is 3. The summed E-state index contributed by atoms with van der Waals surface area (Å²) in [6, 6.07) is 9.60. The lowest BCUT2D eigenvalue weighted by Crippen LogP contribution is -2.50. The Morgan fingerprint density at radius 3 is 2.41 bits per heavy atom. The summed E-state index contributed by atoms with van der Waals surface area (Å²) in [6.45, 7) is 5.26. The first-order chi connectivity index (χ1) is 15.0. The zero-order valence-corrected chi connectivity index (χ0v) is 18.8. The molecule has 1 heterocycles. The van der Waals surface area contributed by atoms with Crippen molar-refractivity contribution in [1.82, 2.24) is 9.21 Å². The summed E-state index contributed by atoms with van der Waals surface area (Å²) in [7, 11) is -4.03. The third-order valence-corrected chi connectivity index (χ3v) is 7.27. The van der Waals surface area contributed by atoms with Gasteiger partial charge in [-0.3, -0.25) is 4.90 Å². The van der Waals surface area contributed by atoms with E-state index in [0.717, 1.165) is 23.3 Å². The Morgan fingerprint density at radius 2 is 1.75 bits per heavy atom. The number of hydrogen-bond donors (Lipinski definition) is 1. The largest absolute Gasteiger partial charge is 0.491 e. The summed E-state index contributed by atoms with van der Waals surface area (Å²) in [4.78, 5) is 1.54. The van der Waals surface area contributed by atoms with Gasteiger partial charge in [-0.1, -0.05) is 18.2 Å². The van der Waals surface area contributed by atoms with E-state index >= 15 is 0 Å². The predicted molar refractivity (Wildman–Crippen MR) is 114 cm³/mol. The van der Waals surface area contributed by atoms with Gasteiger partial charge in [0.25, 0.3) is 0 Å². The Morgan fingerprint density at radius 1 is 1.06 bits per heavy atom. The number of benzene rings is 2. The van der Waals surface area contributed by atoms with Crippen molar-refractivity contribution in [2.75, 3.05) is 39.3 Å². The van der Waals surface area contributed by atoms with Gasteiger partial charge in [-0.05, 0) is 49.2 Å². The topological polar surface area (TPSA) is 70.1 Å². The van der Waals surface area contributed by atoms with Crippen molar-refractivity contribution in [1.29, 1.82) is 0 Å². The molecule has 1 atom stereocenters. The molecule has 1 unspecified atom stereocenters. The molecule has 0 amide bonds. The fraction of sp³-hybridized carbons (Fsp3) is 0.455. The molecule has 10 heteroatoms. The number of rotatable bonds is 7. The summed E-state index contributed by atoms with van der Waals surface area (Å²) in [5.41, 5.74) is 1.03. The molecule has 0 saturated carbocycles. The van der Waals surface area contributed by atoms with Crippen LogP contribution in [-0.2, 0) is 16.2 Å². The molecule has 2 aromatic carbocycles. The number of aliphatic hydroxyl groups is 1. The molecule has 1 N–H and O–H groups in total. The maximum atomic E-state index is 12.9. The van der Waals surface area contributed by atoms with Crippen LogP contribution in [-0.4, -0.2) is 68.2 Å². The molecule has 1 aliphatic heterocycles. The van der Waals surface area contributed by atoms with Gasteiger partial charge in [0.15, 0.2) is 0 Å². The smallest absolute Gasteiger partial charge is 0.416 e. The minimum absolute atomic E-state index is 0.104. The molecule has 2 aromatic rings. The minimum Gasteiger partial charge on any atom is -0.491 e. The molecule has 176 valence electrons. The quantitative estimate of drug-likeness (QED) is 0.671. The number of piperazine rings is 1. The van der Waals surface area contributed by atoms with Gasteiger partial charge in [0.2, 0.25) is 10.0 Å². The van der Waals surface area contributed by atoms with Gasteiger partial charge in [0.1, 0.15) is 18.5 Å². The minimum atomic E-state index is -4.61. The van der Waals surface area contributed by atoms with E-state index in [-0.39, 0.29) is 24.6 Å². The van der Waals surface area contributed by atoms with Crippen LogP contribution in [0.25, 0.3) is 0 Å². The molecule has 0 bridgehead atoms. The number of ether oxygens (including phenoxy) is 1. The number of β-amino-alcohol motifs (C(OH)–C–C–N with tert-alkyl or cyclic N) is 1. The van der Waals surface area contributed by atoms with E-state index in [0.29, 0.717) is 31.5 Å². The fourth-order valence-corrected chi connectivity index (χ4v) is 5.00. The first-order valence-electron chi connectivity index (χ1n) is 10.2. The molecule has 32 heavy (non-hydrogen) atoms. The van der Waals surface area contributed by atoms with E-state index in [4.69, 9.17) is 4.74 Å². The number of hydrogen-bond acceptors (Lipinski definition) is 5. The van der Waals surface area contributed by atoms with Gasteiger partial charge in [-0.25, -0.2) is 8.42 Å². The van der Waals surface area contributed by atoms with Crippen molar-refractivity contribution in [3.8, 4) is 5.75 Å². The van der Waals surface area contributed by atoms with Crippen LogP contribution in [0, 0.1) is 13.8 Å². The number of aliphatic hydroxyl groups excluding tert-OH is 1. The van der Waals surface area contributed by atoms with Crippen molar-refractivity contribution in [2.45, 2.75) is 31.0 Å². The van der Waals surface area contributed by atoms with Crippen LogP contribution in [0.15, 0.2) is 47.4 Å². The Bertz CT molecular complexity index is 1040. The summed E-state index contributed by atoms with van der Waals surface area (Å²) >= 11 is 0. The van der Waals surface area contributed by atoms with Crippen LogP contribution in [0.4, 0.5) is 13.2 Å². The average molecular weight is 473 g/mol. The molecule has 0 aromatic heterocycles. The van der Waals surface area contributed by atoms with Gasteiger partial charge in [-0.15, -0.1) is 0 Å². The van der Waals surface area contributed by atoms with Gasteiger partial charge < -0.3 is 9.84 Å². The standard InChI is InChI=1S/C22H27F3N2O4S/c1-16-6-7-17(2)21(12-16)31-15-19(28)14-26-8-10-27(11-9-26)32(29,30)20-5-3-4-18(13-20)22(23,24)25/h3-7,12-13,19,28H,8-11,14-15H2,1-2H3. The highest BCUT2D eigenvalue weighted by molar-refractivity contribution is 7.89. The SMILES string of the molecule is Cc1ccc(C)c(OCC(O)CN2CCN(S(=O)(=O)c3cccc(C(F)(F)F)c3)CC2)c1. The van der Waals surface area contributed by atoms with E-state index in [1.165, 1.54) is 10.4 Å². The fourth-order valence-electron chi connectivity index (χ4n) is 3.53. The van der Waals surface area contributed by atoms with E-state index < -0.39 is 27.9 Å². The van der Waals surface area contributed by atoms with Crippen molar-refractivity contribution in [3.63, 3.8) is 0 Å². The average Bonchev–Trinajstić information content (AvgIpc) is 2.74. The van der Waals surface area contributed by atoms with Gasteiger partial charge in [0.05, 0.1) is 10.5 Å². The Labute approximate surface area is 186 Å². The van der Waals surface area contributed by atoms with Crippen LogP contribution >= 0.6 is 0 Å². The van der Waals surface area contributed by atoms with E-state index in [1.54, 1.807) is 0 Å². The Hall–Kier alpha value is -2.14. The number of sulfonamides is 1. The van der Waals surface area contributed by atoms with Gasteiger partial charge in [0, 0.05) is 32.7 Å². The summed E-state index contributed by atoms with van der Waals surface area (Å²) in [5.74, 6) is 0.709. The van der Waals surface area contributed by atoms with Crippen molar-refractivity contribution >= 4 is 10.0 Å². The van der Waals surface area contributed by atoms with Crippen LogP contribution in [0.1, 0.15) is 16.7 Å². The second-order valence-electron chi connectivity index (χ2n) is 7.96. The maximum absolute atomic E-state index is 12.9. The predicted octanol–water partition coefficient (Wildman–Crippen LogP) is 3.07. The molecule has 1 saturated heterocycles. The lowest BCUT2D eigenvalue weighted by molar-refractivity contribution is -0.137. The van der Waals surface area contributed by atoms with Crippen molar-refractivity contribution in [3.05, 3.63) is 59.2 Å². The van der Waals surface area contributed by atoms with E-state index in [9.17, 15) is 26.7 Å². The molecular weight excluding hydrogens is 445 g/mol. The third kappa shape index (κ3) is 6.00. The van der Waals surface area contributed by atoms with Crippen LogP contribution in [0.2, 0.25) is 0 Å². The third-order valence-electron chi connectivity index (χ3n) is 5.37. The van der Waals surface area contributed by atoms with Gasteiger partial charge >= 0.3 is 6.18 Å². The summed E-state index contributed by atoms with van der Waals surface area (Å²) in [6.07, 6.45) is -5.37. The zero-order valence-electron chi connectivity index (χ0n) is 18.0. The highest BCUT2D eigenvalue weighted by Crippen LogP contribution is 2.31. The Kier molecular flexibility index (Phi) is 7.49. The normalized spacial score (nSPS) is 17.3. The van der Waals surface area contributed by atoms with Crippen molar-refractivity contribution < 1.29 is 31.4 Å². The lowest BCUT2D eigenvalue weighted by atomic mass is 10.1. The summed E-state index contributed by atoms with van der Waals surface area (Å²) < 4.78 is 71.3. The first-order valence-corrected chi connectivity index (χ1v) is 11.7. The molecule has 0 aliphatic carbocycles. The molecule has 6 nitrogen and oxygen atoms in total. The van der Waals surface area contributed by atoms with Crippen molar-refractivity contribution in [2.24, 2.45) is 0 Å². The summed E-state index contributed by atoms with van der Waals surface area (Å²) in [5, 5.41) is 10.3. The molecule has 1 fully saturated rings. The molecule has 3 rings (SSSR count). The first kappa shape index (κ1) is 24.5. The van der Waals surface area contributed by atoms with E-state index in [1.807, 2.05) is 36.9 Å². The van der Waals surface area contributed by atoms with Crippen LogP contribution in [0.3, 0.4) is 0 Å².